The Kier molecular flexibility index (Phi) is 4.77. The van der Waals surface area contributed by atoms with Gasteiger partial charge in [0.25, 0.3) is 0 Å². The van der Waals surface area contributed by atoms with E-state index < -0.39 is 5.97 Å². The number of hydrogen-bond donors (Lipinski definition) is 2. The Morgan fingerprint density at radius 1 is 1.36 bits per heavy atom. The molecule has 0 unspecified atom stereocenters. The van der Waals surface area contributed by atoms with Gasteiger partial charge in [0.1, 0.15) is 5.75 Å². The molecule has 0 atom stereocenters. The molecule has 2 aromatic rings. The first kappa shape index (κ1) is 15.6. The molecular weight excluding hydrogens is 286 g/mol. The van der Waals surface area contributed by atoms with Gasteiger partial charge in [-0.25, -0.2) is 4.79 Å². The van der Waals surface area contributed by atoms with Gasteiger partial charge in [-0.05, 0) is 30.7 Å². The summed E-state index contributed by atoms with van der Waals surface area (Å²) >= 11 is 0. The highest BCUT2D eigenvalue weighted by atomic mass is 16.5. The topological polar surface area (TPSA) is 93.5 Å². The maximum atomic E-state index is 12.0. The highest BCUT2D eigenvalue weighted by Crippen LogP contribution is 2.25. The summed E-state index contributed by atoms with van der Waals surface area (Å²) in [6, 6.07) is 6.90. The number of carboxylic acid groups (broad SMARTS) is 1. The molecule has 116 valence electrons. The number of carbonyl (C=O) groups is 2. The van der Waals surface area contributed by atoms with Crippen LogP contribution in [-0.4, -0.2) is 33.9 Å². The summed E-state index contributed by atoms with van der Waals surface area (Å²) in [4.78, 5) is 22.7. The second-order valence-electron chi connectivity index (χ2n) is 4.77. The fourth-order valence-electron chi connectivity index (χ4n) is 1.95. The number of nitrogens with one attached hydrogen (secondary N) is 1. The Morgan fingerprint density at radius 2 is 2.14 bits per heavy atom. The van der Waals surface area contributed by atoms with Crippen molar-refractivity contribution in [1.82, 2.24) is 9.78 Å². The van der Waals surface area contributed by atoms with Crippen molar-refractivity contribution in [2.75, 3.05) is 12.4 Å². The Morgan fingerprint density at radius 3 is 2.77 bits per heavy atom. The number of amides is 1. The van der Waals surface area contributed by atoms with Gasteiger partial charge in [0.2, 0.25) is 5.91 Å². The standard InChI is InChI=1S/C15H17N3O4/c1-10-3-4-13(22-2)12(9-10)16-14(19)6-8-18-7-5-11(17-18)15(20)21/h3-5,7,9H,6,8H2,1-2H3,(H,16,19)(H,20,21). The zero-order chi connectivity index (χ0) is 16.1. The number of aromatic nitrogens is 2. The number of anilines is 1. The van der Waals surface area contributed by atoms with Crippen LogP contribution in [0.2, 0.25) is 0 Å². The minimum atomic E-state index is -1.09. The summed E-state index contributed by atoms with van der Waals surface area (Å²) in [6.07, 6.45) is 1.71. The maximum Gasteiger partial charge on any atom is 0.356 e. The third-order valence-electron chi connectivity index (χ3n) is 3.06. The van der Waals surface area contributed by atoms with Gasteiger partial charge in [0.05, 0.1) is 12.8 Å². The Labute approximate surface area is 127 Å². The average Bonchev–Trinajstić information content (AvgIpc) is 2.94. The number of benzene rings is 1. The number of rotatable bonds is 6. The minimum Gasteiger partial charge on any atom is -0.495 e. The molecule has 7 heteroatoms. The molecule has 0 aliphatic carbocycles. The van der Waals surface area contributed by atoms with Crippen LogP contribution in [-0.2, 0) is 11.3 Å². The van der Waals surface area contributed by atoms with Gasteiger partial charge in [-0.1, -0.05) is 6.07 Å². The Balaban J connectivity index is 1.95. The summed E-state index contributed by atoms with van der Waals surface area (Å²) in [5, 5.41) is 15.4. The lowest BCUT2D eigenvalue weighted by Gasteiger charge is -2.11. The van der Waals surface area contributed by atoms with Crippen molar-refractivity contribution < 1.29 is 19.4 Å². The molecule has 2 rings (SSSR count). The third kappa shape index (κ3) is 3.85. The van der Waals surface area contributed by atoms with Gasteiger partial charge >= 0.3 is 5.97 Å². The molecule has 0 radical (unpaired) electrons. The van der Waals surface area contributed by atoms with Gasteiger partial charge in [-0.3, -0.25) is 9.48 Å². The molecule has 1 heterocycles. The average molecular weight is 303 g/mol. The van der Waals surface area contributed by atoms with Crippen LogP contribution < -0.4 is 10.1 Å². The summed E-state index contributed by atoms with van der Waals surface area (Å²) in [5.74, 6) is -0.699. The Bertz CT molecular complexity index is 694. The summed E-state index contributed by atoms with van der Waals surface area (Å²) in [5.41, 5.74) is 1.58. The molecule has 2 N–H and O–H groups in total. The first-order valence-electron chi connectivity index (χ1n) is 6.71. The van der Waals surface area contributed by atoms with E-state index in [2.05, 4.69) is 10.4 Å². The van der Waals surface area contributed by atoms with Gasteiger partial charge in [0.15, 0.2) is 5.69 Å². The van der Waals surface area contributed by atoms with Crippen molar-refractivity contribution in [3.05, 3.63) is 41.7 Å². The molecule has 22 heavy (non-hydrogen) atoms. The van der Waals surface area contributed by atoms with Crippen LogP contribution in [0.5, 0.6) is 5.75 Å². The maximum absolute atomic E-state index is 12.0. The molecule has 0 fully saturated rings. The van der Waals surface area contributed by atoms with E-state index in [0.29, 0.717) is 18.0 Å². The SMILES string of the molecule is COc1ccc(C)cc1NC(=O)CCn1ccc(C(=O)O)n1. The number of carbonyl (C=O) groups excluding carboxylic acids is 1. The van der Waals surface area contributed by atoms with Gasteiger partial charge in [-0.2, -0.15) is 5.10 Å². The first-order valence-corrected chi connectivity index (χ1v) is 6.71. The zero-order valence-electron chi connectivity index (χ0n) is 12.4. The van der Waals surface area contributed by atoms with E-state index in [1.807, 2.05) is 19.1 Å². The van der Waals surface area contributed by atoms with E-state index in [0.717, 1.165) is 5.56 Å². The minimum absolute atomic E-state index is 0.0410. The van der Waals surface area contributed by atoms with Crippen molar-refractivity contribution in [1.29, 1.82) is 0 Å². The monoisotopic (exact) mass is 303 g/mol. The Hall–Kier alpha value is -2.83. The molecule has 0 saturated heterocycles. The molecule has 0 aliphatic rings. The number of carboxylic acids is 1. The first-order chi connectivity index (χ1) is 10.5. The number of aromatic carboxylic acids is 1. The predicted molar refractivity (Wildman–Crippen MR) is 80.2 cm³/mol. The summed E-state index contributed by atoms with van der Waals surface area (Å²) in [7, 11) is 1.54. The van der Waals surface area contributed by atoms with Crippen molar-refractivity contribution in [3.63, 3.8) is 0 Å². The second kappa shape index (κ2) is 6.75. The van der Waals surface area contributed by atoms with Crippen LogP contribution in [0.4, 0.5) is 5.69 Å². The van der Waals surface area contributed by atoms with E-state index in [1.165, 1.54) is 24.1 Å². The van der Waals surface area contributed by atoms with Crippen molar-refractivity contribution in [2.45, 2.75) is 19.9 Å². The van der Waals surface area contributed by atoms with E-state index in [4.69, 9.17) is 9.84 Å². The molecule has 1 aromatic heterocycles. The lowest BCUT2D eigenvalue weighted by molar-refractivity contribution is -0.116. The van der Waals surface area contributed by atoms with Crippen LogP contribution in [0.15, 0.2) is 30.5 Å². The number of ether oxygens (including phenoxy) is 1. The van der Waals surface area contributed by atoms with Crippen LogP contribution in [0, 0.1) is 6.92 Å². The van der Waals surface area contributed by atoms with Gasteiger partial charge < -0.3 is 15.2 Å². The number of methoxy groups -OCH3 is 1. The van der Waals surface area contributed by atoms with Crippen LogP contribution in [0.1, 0.15) is 22.5 Å². The normalized spacial score (nSPS) is 10.3. The second-order valence-corrected chi connectivity index (χ2v) is 4.77. The lowest BCUT2D eigenvalue weighted by atomic mass is 10.2. The van der Waals surface area contributed by atoms with Gasteiger partial charge in [-0.15, -0.1) is 0 Å². The zero-order valence-corrected chi connectivity index (χ0v) is 12.4. The van der Waals surface area contributed by atoms with Crippen LogP contribution in [0.25, 0.3) is 0 Å². The summed E-state index contributed by atoms with van der Waals surface area (Å²) in [6.45, 7) is 2.22. The van der Waals surface area contributed by atoms with E-state index >= 15 is 0 Å². The quantitative estimate of drug-likeness (QED) is 0.850. The smallest absolute Gasteiger partial charge is 0.356 e. The third-order valence-corrected chi connectivity index (χ3v) is 3.06. The molecule has 7 nitrogen and oxygen atoms in total. The molecule has 1 amide bonds. The number of aryl methyl sites for hydroxylation is 2. The van der Waals surface area contributed by atoms with Crippen molar-refractivity contribution in [2.24, 2.45) is 0 Å². The van der Waals surface area contributed by atoms with Crippen LogP contribution in [0.3, 0.4) is 0 Å². The van der Waals surface area contributed by atoms with Crippen LogP contribution >= 0.6 is 0 Å². The molecule has 1 aromatic carbocycles. The molecule has 0 saturated carbocycles. The molecule has 0 spiro atoms. The van der Waals surface area contributed by atoms with E-state index in [9.17, 15) is 9.59 Å². The van der Waals surface area contributed by atoms with Crippen molar-refractivity contribution >= 4 is 17.6 Å². The molecule has 0 aliphatic heterocycles. The summed E-state index contributed by atoms with van der Waals surface area (Å²) < 4.78 is 6.62. The fourth-order valence-corrected chi connectivity index (χ4v) is 1.95. The van der Waals surface area contributed by atoms with E-state index in [1.54, 1.807) is 6.07 Å². The van der Waals surface area contributed by atoms with Gasteiger partial charge in [0, 0.05) is 19.2 Å². The number of nitrogens with zero attached hydrogens (tertiary/aromatic N) is 2. The predicted octanol–water partition coefficient (Wildman–Crippen LogP) is 1.93. The van der Waals surface area contributed by atoms with Crippen molar-refractivity contribution in [3.8, 4) is 5.75 Å². The molecule has 0 bridgehead atoms. The number of hydrogen-bond acceptors (Lipinski definition) is 4. The largest absolute Gasteiger partial charge is 0.495 e. The molecular formula is C15H17N3O4. The highest BCUT2D eigenvalue weighted by molar-refractivity contribution is 5.92. The van der Waals surface area contributed by atoms with E-state index in [-0.39, 0.29) is 18.0 Å². The fraction of sp³-hybridized carbons (Fsp3) is 0.267. The lowest BCUT2D eigenvalue weighted by Crippen LogP contribution is -2.15. The highest BCUT2D eigenvalue weighted by Gasteiger charge is 2.10.